The molecule has 0 N–H and O–H groups in total. The lowest BCUT2D eigenvalue weighted by Crippen LogP contribution is -2.13. The fourth-order valence-corrected chi connectivity index (χ4v) is 1.20. The van der Waals surface area contributed by atoms with E-state index in [0.717, 1.165) is 0 Å². The van der Waals surface area contributed by atoms with Gasteiger partial charge in [0, 0.05) is 0 Å². The maximum atomic E-state index is 5.41. The van der Waals surface area contributed by atoms with Crippen LogP contribution in [0.15, 0.2) is 17.6 Å². The molecule has 5 heteroatoms. The molecule has 2 rings (SSSR count). The highest BCUT2D eigenvalue weighted by Gasteiger charge is 2.23. The van der Waals surface area contributed by atoms with Gasteiger partial charge in [0.2, 0.25) is 5.82 Å². The van der Waals surface area contributed by atoms with Gasteiger partial charge in [-0.2, -0.15) is 0 Å². The molecule has 0 saturated heterocycles. The third kappa shape index (κ3) is 1.71. The van der Waals surface area contributed by atoms with Crippen molar-refractivity contribution in [2.75, 3.05) is 6.61 Å². The molecule has 5 nitrogen and oxygen atoms in total. The molecule has 2 heterocycles. The quantitative estimate of drug-likeness (QED) is 0.691. The molecule has 0 bridgehead atoms. The standard InChI is InChI=1S/C9H12N4O/c1-6(2)7-3-14-9(13-7)8-11-4-10-5-12-8/h4-7H,3H2,1-2H3. The van der Waals surface area contributed by atoms with Crippen LogP contribution >= 0.6 is 0 Å². The van der Waals surface area contributed by atoms with Gasteiger partial charge < -0.3 is 4.74 Å². The largest absolute Gasteiger partial charge is 0.473 e. The van der Waals surface area contributed by atoms with E-state index >= 15 is 0 Å². The normalized spacial score (nSPS) is 20.8. The summed E-state index contributed by atoms with van der Waals surface area (Å²) in [6.07, 6.45) is 2.88. The Morgan fingerprint density at radius 1 is 1.36 bits per heavy atom. The Morgan fingerprint density at radius 2 is 2.07 bits per heavy atom. The van der Waals surface area contributed by atoms with Crippen molar-refractivity contribution in [3.8, 4) is 0 Å². The van der Waals surface area contributed by atoms with Crippen LogP contribution in [0.4, 0.5) is 0 Å². The van der Waals surface area contributed by atoms with E-state index in [-0.39, 0.29) is 6.04 Å². The molecule has 0 aliphatic carbocycles. The van der Waals surface area contributed by atoms with Crippen molar-refractivity contribution in [3.63, 3.8) is 0 Å². The Balaban J connectivity index is 2.18. The summed E-state index contributed by atoms with van der Waals surface area (Å²) >= 11 is 0. The molecule has 1 atom stereocenters. The van der Waals surface area contributed by atoms with Gasteiger partial charge in [-0.3, -0.25) is 0 Å². The molecule has 0 aromatic carbocycles. The van der Waals surface area contributed by atoms with Crippen molar-refractivity contribution in [1.82, 2.24) is 15.0 Å². The average molecular weight is 192 g/mol. The van der Waals surface area contributed by atoms with Crippen LogP contribution in [0.1, 0.15) is 19.7 Å². The van der Waals surface area contributed by atoms with Crippen LogP contribution in [-0.2, 0) is 4.74 Å². The highest BCUT2D eigenvalue weighted by molar-refractivity contribution is 5.91. The highest BCUT2D eigenvalue weighted by atomic mass is 16.5. The van der Waals surface area contributed by atoms with Crippen molar-refractivity contribution < 1.29 is 4.74 Å². The molecule has 14 heavy (non-hydrogen) atoms. The van der Waals surface area contributed by atoms with E-state index in [1.807, 2.05) is 0 Å². The first-order chi connectivity index (χ1) is 6.77. The molecule has 0 saturated carbocycles. The van der Waals surface area contributed by atoms with Gasteiger partial charge in [-0.25, -0.2) is 19.9 Å². The van der Waals surface area contributed by atoms with Gasteiger partial charge in [0.1, 0.15) is 19.3 Å². The minimum atomic E-state index is 0.224. The summed E-state index contributed by atoms with van der Waals surface area (Å²) in [6.45, 7) is 4.86. The molecule has 0 fully saturated rings. The Kier molecular flexibility index (Phi) is 2.39. The Labute approximate surface area is 82.3 Å². The number of aromatic nitrogens is 3. The van der Waals surface area contributed by atoms with Crippen LogP contribution in [0, 0.1) is 5.92 Å². The Bertz CT molecular complexity index is 336. The number of nitrogens with zero attached hydrogens (tertiary/aromatic N) is 4. The zero-order valence-electron chi connectivity index (χ0n) is 8.21. The van der Waals surface area contributed by atoms with E-state index < -0.39 is 0 Å². The molecular weight excluding hydrogens is 180 g/mol. The predicted molar refractivity (Wildman–Crippen MR) is 50.9 cm³/mol. The second-order valence-corrected chi connectivity index (χ2v) is 3.52. The van der Waals surface area contributed by atoms with E-state index in [4.69, 9.17) is 4.74 Å². The molecule has 1 aromatic heterocycles. The average Bonchev–Trinajstić information content (AvgIpc) is 2.68. The smallest absolute Gasteiger partial charge is 0.255 e. The van der Waals surface area contributed by atoms with Crippen LogP contribution < -0.4 is 0 Å². The van der Waals surface area contributed by atoms with Crippen molar-refractivity contribution in [2.45, 2.75) is 19.9 Å². The van der Waals surface area contributed by atoms with E-state index in [1.54, 1.807) is 0 Å². The van der Waals surface area contributed by atoms with Crippen molar-refractivity contribution >= 4 is 5.90 Å². The van der Waals surface area contributed by atoms with Gasteiger partial charge in [-0.05, 0) is 5.92 Å². The van der Waals surface area contributed by atoms with Crippen LogP contribution in [0.2, 0.25) is 0 Å². The lowest BCUT2D eigenvalue weighted by molar-refractivity contribution is 0.290. The summed E-state index contributed by atoms with van der Waals surface area (Å²) < 4.78 is 5.41. The Morgan fingerprint density at radius 3 is 2.64 bits per heavy atom. The monoisotopic (exact) mass is 192 g/mol. The van der Waals surface area contributed by atoms with Gasteiger partial charge in [0.15, 0.2) is 0 Å². The maximum Gasteiger partial charge on any atom is 0.255 e. The second kappa shape index (κ2) is 3.69. The summed E-state index contributed by atoms with van der Waals surface area (Å²) in [5, 5.41) is 0. The van der Waals surface area contributed by atoms with Gasteiger partial charge in [0.25, 0.3) is 5.90 Å². The number of hydrogen-bond acceptors (Lipinski definition) is 5. The molecule has 1 aliphatic heterocycles. The van der Waals surface area contributed by atoms with E-state index in [0.29, 0.717) is 24.2 Å². The van der Waals surface area contributed by atoms with Gasteiger partial charge >= 0.3 is 0 Å². The molecule has 0 spiro atoms. The SMILES string of the molecule is CC(C)C1COC(c2ncncn2)=N1. The van der Waals surface area contributed by atoms with Crippen LogP contribution in [-0.4, -0.2) is 33.5 Å². The van der Waals surface area contributed by atoms with Gasteiger partial charge in [-0.15, -0.1) is 0 Å². The van der Waals surface area contributed by atoms with E-state index in [2.05, 4.69) is 33.8 Å². The first-order valence-electron chi connectivity index (χ1n) is 4.60. The second-order valence-electron chi connectivity index (χ2n) is 3.52. The first-order valence-corrected chi connectivity index (χ1v) is 4.60. The van der Waals surface area contributed by atoms with E-state index in [9.17, 15) is 0 Å². The first kappa shape index (κ1) is 9.05. The predicted octanol–water partition coefficient (Wildman–Crippen LogP) is 0.673. The van der Waals surface area contributed by atoms with Crippen LogP contribution in [0.3, 0.4) is 0 Å². The fraction of sp³-hybridized carbons (Fsp3) is 0.556. The third-order valence-corrected chi connectivity index (χ3v) is 2.13. The van der Waals surface area contributed by atoms with Crippen molar-refractivity contribution in [1.29, 1.82) is 0 Å². The topological polar surface area (TPSA) is 60.3 Å². The summed E-state index contributed by atoms with van der Waals surface area (Å²) in [4.78, 5) is 16.1. The van der Waals surface area contributed by atoms with Crippen molar-refractivity contribution in [2.24, 2.45) is 10.9 Å². The Hall–Kier alpha value is -1.52. The lowest BCUT2D eigenvalue weighted by atomic mass is 10.1. The van der Waals surface area contributed by atoms with Crippen molar-refractivity contribution in [3.05, 3.63) is 18.5 Å². The minimum absolute atomic E-state index is 0.224. The summed E-state index contributed by atoms with van der Waals surface area (Å²) in [5.41, 5.74) is 0. The zero-order valence-corrected chi connectivity index (χ0v) is 8.21. The molecule has 0 amide bonds. The van der Waals surface area contributed by atoms with Gasteiger partial charge in [-0.1, -0.05) is 13.8 Å². The molecule has 1 aromatic rings. The molecule has 74 valence electrons. The van der Waals surface area contributed by atoms with Crippen LogP contribution in [0.5, 0.6) is 0 Å². The minimum Gasteiger partial charge on any atom is -0.473 e. The molecule has 1 unspecified atom stereocenters. The molecule has 1 aliphatic rings. The van der Waals surface area contributed by atoms with E-state index in [1.165, 1.54) is 12.7 Å². The molecular formula is C9H12N4O. The number of rotatable bonds is 2. The summed E-state index contributed by atoms with van der Waals surface area (Å²) in [7, 11) is 0. The lowest BCUT2D eigenvalue weighted by Gasteiger charge is -2.06. The fourth-order valence-electron chi connectivity index (χ4n) is 1.20. The summed E-state index contributed by atoms with van der Waals surface area (Å²) in [5.74, 6) is 1.53. The zero-order chi connectivity index (χ0) is 9.97. The number of ether oxygens (including phenoxy) is 1. The van der Waals surface area contributed by atoms with Crippen LogP contribution in [0.25, 0.3) is 0 Å². The molecule has 0 radical (unpaired) electrons. The maximum absolute atomic E-state index is 5.41. The van der Waals surface area contributed by atoms with Gasteiger partial charge in [0.05, 0.1) is 6.04 Å². The third-order valence-electron chi connectivity index (χ3n) is 2.13. The summed E-state index contributed by atoms with van der Waals surface area (Å²) in [6, 6.07) is 0.224. The highest BCUT2D eigenvalue weighted by Crippen LogP contribution is 2.15. The number of aliphatic imine (C=N–C) groups is 1. The number of hydrogen-bond donors (Lipinski definition) is 0.